The van der Waals surface area contributed by atoms with E-state index in [1.807, 2.05) is 0 Å². The van der Waals surface area contributed by atoms with Crippen molar-refractivity contribution in [2.24, 2.45) is 0 Å². The Bertz CT molecular complexity index is 512. The summed E-state index contributed by atoms with van der Waals surface area (Å²) in [6.07, 6.45) is 0.252. The molecule has 0 aliphatic rings. The van der Waals surface area contributed by atoms with Gasteiger partial charge >= 0.3 is 5.97 Å². The van der Waals surface area contributed by atoms with Crippen LogP contribution in [0.5, 0.6) is 0 Å². The lowest BCUT2D eigenvalue weighted by Crippen LogP contribution is -2.28. The van der Waals surface area contributed by atoms with Crippen LogP contribution in [0.15, 0.2) is 33.6 Å². The Morgan fingerprint density at radius 1 is 1.33 bits per heavy atom. The molecule has 0 fully saturated rings. The zero-order valence-electron chi connectivity index (χ0n) is 9.84. The Morgan fingerprint density at radius 2 is 1.89 bits per heavy atom. The Labute approximate surface area is 115 Å². The average molecular weight is 336 g/mol. The first-order chi connectivity index (χ1) is 8.34. The second-order valence-corrected chi connectivity index (χ2v) is 6.74. The maximum atomic E-state index is 12.1. The monoisotopic (exact) mass is 335 g/mol. The molecule has 0 amide bonds. The summed E-state index contributed by atoms with van der Waals surface area (Å²) in [4.78, 5) is 10.6. The van der Waals surface area contributed by atoms with Crippen LogP contribution in [0.25, 0.3) is 0 Å². The van der Waals surface area contributed by atoms with Crippen molar-refractivity contribution in [3.05, 3.63) is 28.7 Å². The molecule has 0 bridgehead atoms. The molecule has 1 aromatic carbocycles. The van der Waals surface area contributed by atoms with Crippen molar-refractivity contribution in [3.63, 3.8) is 0 Å². The number of carboxylic acids is 1. The van der Waals surface area contributed by atoms with Gasteiger partial charge in [-0.1, -0.05) is 15.9 Å². The molecule has 18 heavy (non-hydrogen) atoms. The first-order valence-electron chi connectivity index (χ1n) is 5.28. The summed E-state index contributed by atoms with van der Waals surface area (Å²) >= 11 is 3.23. The van der Waals surface area contributed by atoms with Gasteiger partial charge < -0.3 is 5.11 Å². The second kappa shape index (κ2) is 6.31. The summed E-state index contributed by atoms with van der Waals surface area (Å²) in [7, 11) is -2.09. The highest BCUT2D eigenvalue weighted by Gasteiger charge is 2.20. The number of carbonyl (C=O) groups is 1. The first kappa shape index (κ1) is 15.1. The van der Waals surface area contributed by atoms with Gasteiger partial charge in [-0.15, -0.1) is 0 Å². The standard InChI is InChI=1S/C11H14BrNO4S/c1-13(8-2-3-11(14)15)18(16,17)10-6-4-9(12)5-7-10/h4-7H,2-3,8H2,1H3,(H,14,15). The third-order valence-electron chi connectivity index (χ3n) is 2.39. The normalized spacial score (nSPS) is 11.7. The van der Waals surface area contributed by atoms with Crippen LogP contribution in [-0.4, -0.2) is 37.4 Å². The summed E-state index contributed by atoms with van der Waals surface area (Å²) in [6.45, 7) is 0.185. The predicted octanol–water partition coefficient (Wildman–Crippen LogP) is 1.93. The van der Waals surface area contributed by atoms with Crippen molar-refractivity contribution in [2.45, 2.75) is 17.7 Å². The van der Waals surface area contributed by atoms with Crippen molar-refractivity contribution < 1.29 is 18.3 Å². The molecule has 0 saturated heterocycles. The maximum Gasteiger partial charge on any atom is 0.303 e. The minimum Gasteiger partial charge on any atom is -0.481 e. The van der Waals surface area contributed by atoms with Gasteiger partial charge in [0.1, 0.15) is 0 Å². The third-order valence-corrected chi connectivity index (χ3v) is 4.79. The lowest BCUT2D eigenvalue weighted by molar-refractivity contribution is -0.137. The van der Waals surface area contributed by atoms with Gasteiger partial charge in [-0.25, -0.2) is 12.7 Å². The zero-order valence-corrected chi connectivity index (χ0v) is 12.2. The number of halogens is 1. The molecule has 5 nitrogen and oxygen atoms in total. The molecule has 0 atom stereocenters. The molecule has 7 heteroatoms. The van der Waals surface area contributed by atoms with E-state index >= 15 is 0 Å². The molecule has 1 N–H and O–H groups in total. The number of benzene rings is 1. The summed E-state index contributed by atoms with van der Waals surface area (Å²) in [5, 5.41) is 8.50. The summed E-state index contributed by atoms with van der Waals surface area (Å²) in [6, 6.07) is 6.32. The molecule has 0 aliphatic carbocycles. The third kappa shape index (κ3) is 4.08. The number of nitrogens with zero attached hydrogens (tertiary/aromatic N) is 1. The van der Waals surface area contributed by atoms with Crippen LogP contribution in [0.1, 0.15) is 12.8 Å². The first-order valence-corrected chi connectivity index (χ1v) is 7.51. The smallest absolute Gasteiger partial charge is 0.303 e. The van der Waals surface area contributed by atoms with E-state index in [1.165, 1.54) is 23.5 Å². The summed E-state index contributed by atoms with van der Waals surface area (Å²) < 4.78 is 26.1. The molecular weight excluding hydrogens is 322 g/mol. The van der Waals surface area contributed by atoms with Crippen LogP contribution in [0.3, 0.4) is 0 Å². The fourth-order valence-electron chi connectivity index (χ4n) is 1.36. The predicted molar refractivity (Wildman–Crippen MR) is 70.8 cm³/mol. The maximum absolute atomic E-state index is 12.1. The highest BCUT2D eigenvalue weighted by atomic mass is 79.9. The molecule has 0 spiro atoms. The molecule has 0 radical (unpaired) electrons. The Morgan fingerprint density at radius 3 is 2.39 bits per heavy atom. The minimum absolute atomic E-state index is 0.0415. The van der Waals surface area contributed by atoms with E-state index in [1.54, 1.807) is 12.1 Å². The van der Waals surface area contributed by atoms with E-state index in [-0.39, 0.29) is 17.9 Å². The molecule has 100 valence electrons. The van der Waals surface area contributed by atoms with Crippen LogP contribution in [0.2, 0.25) is 0 Å². The average Bonchev–Trinajstić information content (AvgIpc) is 2.28. The van der Waals surface area contributed by atoms with E-state index in [0.717, 1.165) is 4.47 Å². The molecule has 0 aliphatic heterocycles. The fraction of sp³-hybridized carbons (Fsp3) is 0.364. The summed E-state index contributed by atoms with van der Waals surface area (Å²) in [5.74, 6) is -0.926. The highest BCUT2D eigenvalue weighted by Crippen LogP contribution is 2.18. The summed E-state index contributed by atoms with van der Waals surface area (Å²) in [5.41, 5.74) is 0. The topological polar surface area (TPSA) is 74.7 Å². The van der Waals surface area contributed by atoms with Crippen molar-refractivity contribution in [1.82, 2.24) is 4.31 Å². The zero-order chi connectivity index (χ0) is 13.8. The van der Waals surface area contributed by atoms with Crippen molar-refractivity contribution >= 4 is 31.9 Å². The van der Waals surface area contributed by atoms with Crippen LogP contribution < -0.4 is 0 Å². The van der Waals surface area contributed by atoms with Gasteiger partial charge in [0.05, 0.1) is 4.90 Å². The van der Waals surface area contributed by atoms with Gasteiger partial charge in [0.25, 0.3) is 0 Å². The fourth-order valence-corrected chi connectivity index (χ4v) is 2.83. The molecule has 0 saturated carbocycles. The molecule has 0 aromatic heterocycles. The molecule has 1 rings (SSSR count). The van der Waals surface area contributed by atoms with Gasteiger partial charge in [-0.3, -0.25) is 4.79 Å². The van der Waals surface area contributed by atoms with E-state index in [0.29, 0.717) is 6.42 Å². The van der Waals surface area contributed by atoms with E-state index < -0.39 is 16.0 Å². The van der Waals surface area contributed by atoms with Gasteiger partial charge in [-0.2, -0.15) is 0 Å². The Hall–Kier alpha value is -0.920. The largest absolute Gasteiger partial charge is 0.481 e. The number of carboxylic acid groups (broad SMARTS) is 1. The van der Waals surface area contributed by atoms with E-state index in [2.05, 4.69) is 15.9 Å². The molecular formula is C11H14BrNO4S. The van der Waals surface area contributed by atoms with Crippen LogP contribution in [0.4, 0.5) is 0 Å². The van der Waals surface area contributed by atoms with Crippen LogP contribution in [-0.2, 0) is 14.8 Å². The van der Waals surface area contributed by atoms with Gasteiger partial charge in [-0.05, 0) is 30.7 Å². The number of hydrogen-bond donors (Lipinski definition) is 1. The van der Waals surface area contributed by atoms with E-state index in [4.69, 9.17) is 5.11 Å². The minimum atomic E-state index is -3.53. The van der Waals surface area contributed by atoms with Gasteiger partial charge in [0, 0.05) is 24.5 Å². The van der Waals surface area contributed by atoms with Crippen LogP contribution in [0, 0.1) is 0 Å². The van der Waals surface area contributed by atoms with Crippen molar-refractivity contribution in [3.8, 4) is 0 Å². The van der Waals surface area contributed by atoms with Crippen molar-refractivity contribution in [1.29, 1.82) is 0 Å². The second-order valence-electron chi connectivity index (χ2n) is 3.78. The Balaban J connectivity index is 2.73. The number of aliphatic carboxylic acids is 1. The quantitative estimate of drug-likeness (QED) is 0.861. The SMILES string of the molecule is CN(CCCC(=O)O)S(=O)(=O)c1ccc(Br)cc1. The van der Waals surface area contributed by atoms with Crippen molar-refractivity contribution in [2.75, 3.05) is 13.6 Å². The van der Waals surface area contributed by atoms with E-state index in [9.17, 15) is 13.2 Å². The lowest BCUT2D eigenvalue weighted by Gasteiger charge is -2.16. The lowest BCUT2D eigenvalue weighted by atomic mass is 10.3. The molecule has 0 unspecified atom stereocenters. The van der Waals surface area contributed by atoms with Gasteiger partial charge in [0.15, 0.2) is 0 Å². The van der Waals surface area contributed by atoms with Crippen LogP contribution >= 0.6 is 15.9 Å². The number of rotatable bonds is 6. The number of sulfonamides is 1. The molecule has 1 aromatic rings. The van der Waals surface area contributed by atoms with Gasteiger partial charge in [0.2, 0.25) is 10.0 Å². The molecule has 0 heterocycles. The number of hydrogen-bond acceptors (Lipinski definition) is 3. The Kier molecular flexibility index (Phi) is 5.30. The highest BCUT2D eigenvalue weighted by molar-refractivity contribution is 9.10.